The Balaban J connectivity index is 2.16. The van der Waals surface area contributed by atoms with Gasteiger partial charge in [0.05, 0.1) is 12.7 Å². The van der Waals surface area contributed by atoms with Crippen LogP contribution in [0.1, 0.15) is 46.0 Å². The third kappa shape index (κ3) is 5.84. The van der Waals surface area contributed by atoms with Crippen LogP contribution in [0.5, 0.6) is 0 Å². The van der Waals surface area contributed by atoms with Crippen molar-refractivity contribution in [2.24, 2.45) is 0 Å². The lowest BCUT2D eigenvalue weighted by atomic mass is 10.0. The molecule has 1 fully saturated rings. The second-order valence-electron chi connectivity index (χ2n) is 5.20. The highest BCUT2D eigenvalue weighted by Gasteiger charge is 2.20. The number of rotatable bonds is 8. The van der Waals surface area contributed by atoms with Gasteiger partial charge in [0.25, 0.3) is 0 Å². The maximum absolute atomic E-state index is 6.04. The Morgan fingerprint density at radius 1 is 1.35 bits per heavy atom. The highest BCUT2D eigenvalue weighted by Crippen LogP contribution is 2.15. The number of hydrogen-bond donors (Lipinski definition) is 1. The maximum Gasteiger partial charge on any atom is 0.0697 e. The topological polar surface area (TPSA) is 24.5 Å². The van der Waals surface area contributed by atoms with E-state index in [0.29, 0.717) is 12.1 Å². The Bertz CT molecular complexity index is 187. The van der Waals surface area contributed by atoms with Crippen molar-refractivity contribution in [2.75, 3.05) is 33.3 Å². The second-order valence-corrected chi connectivity index (χ2v) is 5.20. The quantitative estimate of drug-likeness (QED) is 0.661. The molecule has 0 aromatic carbocycles. The molecule has 1 saturated heterocycles. The van der Waals surface area contributed by atoms with E-state index in [1.807, 2.05) is 0 Å². The van der Waals surface area contributed by atoms with Gasteiger partial charge in [0, 0.05) is 12.6 Å². The van der Waals surface area contributed by atoms with Crippen LogP contribution in [-0.2, 0) is 4.74 Å². The fraction of sp³-hybridized carbons (Fsp3) is 1.00. The van der Waals surface area contributed by atoms with Crippen LogP contribution in [0, 0.1) is 0 Å². The minimum absolute atomic E-state index is 0.386. The van der Waals surface area contributed by atoms with Crippen molar-refractivity contribution in [3.63, 3.8) is 0 Å². The number of hydrogen-bond acceptors (Lipinski definition) is 3. The average molecular weight is 242 g/mol. The molecule has 1 aliphatic heterocycles. The first-order valence-corrected chi connectivity index (χ1v) is 7.30. The average Bonchev–Trinajstić information content (AvgIpc) is 2.35. The molecule has 102 valence electrons. The summed E-state index contributed by atoms with van der Waals surface area (Å²) in [5.41, 5.74) is 0. The van der Waals surface area contributed by atoms with Crippen LogP contribution in [0.15, 0.2) is 0 Å². The normalized spacial score (nSPS) is 23.8. The van der Waals surface area contributed by atoms with Crippen LogP contribution in [0.4, 0.5) is 0 Å². The zero-order valence-electron chi connectivity index (χ0n) is 11.9. The fourth-order valence-corrected chi connectivity index (χ4v) is 2.36. The largest absolute Gasteiger partial charge is 0.375 e. The third-order valence-corrected chi connectivity index (χ3v) is 3.70. The first-order chi connectivity index (χ1) is 8.27. The highest BCUT2D eigenvalue weighted by atomic mass is 16.5. The Hall–Kier alpha value is -0.120. The molecule has 0 spiro atoms. The molecule has 1 N–H and O–H groups in total. The number of nitrogens with zero attached hydrogens (tertiary/aromatic N) is 1. The van der Waals surface area contributed by atoms with E-state index in [1.165, 1.54) is 32.2 Å². The van der Waals surface area contributed by atoms with Gasteiger partial charge in [-0.05, 0) is 45.8 Å². The zero-order valence-corrected chi connectivity index (χ0v) is 11.9. The fourth-order valence-electron chi connectivity index (χ4n) is 2.36. The van der Waals surface area contributed by atoms with E-state index < -0.39 is 0 Å². The molecule has 1 rings (SSSR count). The summed E-state index contributed by atoms with van der Waals surface area (Å²) in [6, 6.07) is 0.643. The van der Waals surface area contributed by atoms with E-state index in [0.717, 1.165) is 26.1 Å². The standard InChI is InChI=1S/C14H30N2O/c1-4-9-15-11-14(5-2)17-12-13-8-6-7-10-16(13)3/h13-15H,4-12H2,1-3H3. The molecule has 0 aromatic rings. The van der Waals surface area contributed by atoms with E-state index in [-0.39, 0.29) is 0 Å². The molecule has 2 atom stereocenters. The molecule has 0 saturated carbocycles. The van der Waals surface area contributed by atoms with Crippen molar-refractivity contribution in [2.45, 2.75) is 58.1 Å². The van der Waals surface area contributed by atoms with Crippen LogP contribution in [-0.4, -0.2) is 50.3 Å². The van der Waals surface area contributed by atoms with Crippen LogP contribution in [0.25, 0.3) is 0 Å². The summed E-state index contributed by atoms with van der Waals surface area (Å²) >= 11 is 0. The van der Waals surface area contributed by atoms with Crippen LogP contribution >= 0.6 is 0 Å². The van der Waals surface area contributed by atoms with Crippen molar-refractivity contribution in [1.29, 1.82) is 0 Å². The van der Waals surface area contributed by atoms with Gasteiger partial charge in [-0.1, -0.05) is 20.3 Å². The van der Waals surface area contributed by atoms with E-state index in [1.54, 1.807) is 0 Å². The van der Waals surface area contributed by atoms with Crippen LogP contribution < -0.4 is 5.32 Å². The van der Waals surface area contributed by atoms with Gasteiger partial charge < -0.3 is 15.0 Å². The Labute approximate surface area is 107 Å². The maximum atomic E-state index is 6.04. The van der Waals surface area contributed by atoms with E-state index >= 15 is 0 Å². The van der Waals surface area contributed by atoms with Gasteiger partial charge >= 0.3 is 0 Å². The summed E-state index contributed by atoms with van der Waals surface area (Å²) in [6.45, 7) is 8.65. The van der Waals surface area contributed by atoms with Crippen molar-refractivity contribution in [3.05, 3.63) is 0 Å². The summed E-state index contributed by atoms with van der Waals surface area (Å²) in [6.07, 6.45) is 6.70. The van der Waals surface area contributed by atoms with Crippen molar-refractivity contribution < 1.29 is 4.74 Å². The number of nitrogens with one attached hydrogen (secondary N) is 1. The predicted molar refractivity (Wildman–Crippen MR) is 73.5 cm³/mol. The Morgan fingerprint density at radius 3 is 2.82 bits per heavy atom. The third-order valence-electron chi connectivity index (χ3n) is 3.70. The molecule has 1 heterocycles. The van der Waals surface area contributed by atoms with Gasteiger partial charge in [-0.2, -0.15) is 0 Å². The number of piperidine rings is 1. The first kappa shape index (κ1) is 14.9. The number of likely N-dealkylation sites (N-methyl/N-ethyl adjacent to an activating group) is 1. The molecular formula is C14H30N2O. The van der Waals surface area contributed by atoms with Gasteiger partial charge in [-0.15, -0.1) is 0 Å². The number of ether oxygens (including phenoxy) is 1. The minimum Gasteiger partial charge on any atom is -0.375 e. The van der Waals surface area contributed by atoms with Gasteiger partial charge in [0.1, 0.15) is 0 Å². The smallest absolute Gasteiger partial charge is 0.0697 e. The second kappa shape index (κ2) is 8.90. The molecule has 0 amide bonds. The van der Waals surface area contributed by atoms with Gasteiger partial charge in [-0.3, -0.25) is 0 Å². The molecule has 2 unspecified atom stereocenters. The Morgan fingerprint density at radius 2 is 2.18 bits per heavy atom. The number of likely N-dealkylation sites (tertiary alicyclic amines) is 1. The molecule has 0 radical (unpaired) electrons. The summed E-state index contributed by atoms with van der Waals surface area (Å²) in [5, 5.41) is 3.45. The summed E-state index contributed by atoms with van der Waals surface area (Å²) in [5.74, 6) is 0. The van der Waals surface area contributed by atoms with E-state index in [9.17, 15) is 0 Å². The molecule has 3 heteroatoms. The zero-order chi connectivity index (χ0) is 12.5. The summed E-state index contributed by atoms with van der Waals surface area (Å²) < 4.78 is 6.04. The molecule has 1 aliphatic rings. The lowest BCUT2D eigenvalue weighted by Crippen LogP contribution is -2.41. The molecule has 0 bridgehead atoms. The lowest BCUT2D eigenvalue weighted by molar-refractivity contribution is 0.00282. The van der Waals surface area contributed by atoms with E-state index in [4.69, 9.17) is 4.74 Å². The minimum atomic E-state index is 0.386. The van der Waals surface area contributed by atoms with Gasteiger partial charge in [0.2, 0.25) is 0 Å². The summed E-state index contributed by atoms with van der Waals surface area (Å²) in [7, 11) is 2.23. The molecular weight excluding hydrogens is 212 g/mol. The molecule has 17 heavy (non-hydrogen) atoms. The summed E-state index contributed by atoms with van der Waals surface area (Å²) in [4.78, 5) is 2.45. The monoisotopic (exact) mass is 242 g/mol. The van der Waals surface area contributed by atoms with Gasteiger partial charge in [-0.25, -0.2) is 0 Å². The molecule has 0 aliphatic carbocycles. The van der Waals surface area contributed by atoms with Crippen molar-refractivity contribution >= 4 is 0 Å². The van der Waals surface area contributed by atoms with Crippen LogP contribution in [0.2, 0.25) is 0 Å². The molecule has 3 nitrogen and oxygen atoms in total. The van der Waals surface area contributed by atoms with Crippen molar-refractivity contribution in [3.8, 4) is 0 Å². The predicted octanol–water partition coefficient (Wildman–Crippen LogP) is 2.27. The van der Waals surface area contributed by atoms with Gasteiger partial charge in [0.15, 0.2) is 0 Å². The molecule has 0 aromatic heterocycles. The highest BCUT2D eigenvalue weighted by molar-refractivity contribution is 4.74. The lowest BCUT2D eigenvalue weighted by Gasteiger charge is -2.33. The Kier molecular flexibility index (Phi) is 7.82. The van der Waals surface area contributed by atoms with Crippen LogP contribution in [0.3, 0.4) is 0 Å². The van der Waals surface area contributed by atoms with Crippen molar-refractivity contribution in [1.82, 2.24) is 10.2 Å². The van der Waals surface area contributed by atoms with E-state index in [2.05, 4.69) is 31.1 Å². The first-order valence-electron chi connectivity index (χ1n) is 7.30. The SMILES string of the molecule is CCCNCC(CC)OCC1CCCCN1C.